The van der Waals surface area contributed by atoms with Crippen LogP contribution in [0.5, 0.6) is 0 Å². The Kier molecular flexibility index (Phi) is 9.97. The summed E-state index contributed by atoms with van der Waals surface area (Å²) in [5, 5.41) is 11.6. The molecule has 0 atom stereocenters. The molecule has 0 aromatic carbocycles. The predicted octanol–water partition coefficient (Wildman–Crippen LogP) is 4.38. The summed E-state index contributed by atoms with van der Waals surface area (Å²) in [5.74, 6) is 1.31. The van der Waals surface area contributed by atoms with Crippen LogP contribution in [0.3, 0.4) is 0 Å². The Balaban J connectivity index is 2.04. The summed E-state index contributed by atoms with van der Waals surface area (Å²) >= 11 is 0. The lowest BCUT2D eigenvalue weighted by atomic mass is 9.79. The Labute approximate surface area is 141 Å². The summed E-state index contributed by atoms with van der Waals surface area (Å²) in [7, 11) is 0. The second-order valence-corrected chi connectivity index (χ2v) is 7.54. The maximum Gasteiger partial charge on any atom is 0.303 e. The summed E-state index contributed by atoms with van der Waals surface area (Å²) in [6.45, 7) is 5.25. The third-order valence-electron chi connectivity index (χ3n) is 4.98. The van der Waals surface area contributed by atoms with Crippen LogP contribution in [-0.4, -0.2) is 23.5 Å². The lowest BCUT2D eigenvalue weighted by Gasteiger charge is -2.28. The van der Waals surface area contributed by atoms with Crippen LogP contribution >= 0.6 is 0 Å². The minimum atomic E-state index is -0.737. The van der Waals surface area contributed by atoms with Crippen molar-refractivity contribution in [2.24, 2.45) is 17.8 Å². The predicted molar refractivity (Wildman–Crippen MR) is 93.3 cm³/mol. The number of rotatable bonds is 11. The van der Waals surface area contributed by atoms with Gasteiger partial charge >= 0.3 is 5.97 Å². The highest BCUT2D eigenvalue weighted by Crippen LogP contribution is 2.32. The first kappa shape index (κ1) is 20.0. The zero-order valence-corrected chi connectivity index (χ0v) is 15.0. The van der Waals surface area contributed by atoms with Gasteiger partial charge in [-0.1, -0.05) is 39.5 Å². The second kappa shape index (κ2) is 11.5. The highest BCUT2D eigenvalue weighted by Gasteiger charge is 2.25. The molecule has 1 aliphatic rings. The number of amides is 1. The topological polar surface area (TPSA) is 66.4 Å². The molecule has 0 saturated heterocycles. The molecule has 23 heavy (non-hydrogen) atoms. The van der Waals surface area contributed by atoms with Crippen LogP contribution in [0.2, 0.25) is 0 Å². The van der Waals surface area contributed by atoms with Crippen LogP contribution in [-0.2, 0) is 9.59 Å². The van der Waals surface area contributed by atoms with Crippen LogP contribution in [0.15, 0.2) is 0 Å². The molecule has 1 saturated carbocycles. The third-order valence-corrected chi connectivity index (χ3v) is 4.98. The van der Waals surface area contributed by atoms with Gasteiger partial charge in [0.1, 0.15) is 0 Å². The molecule has 1 amide bonds. The van der Waals surface area contributed by atoms with Gasteiger partial charge in [-0.3, -0.25) is 9.59 Å². The van der Waals surface area contributed by atoms with Gasteiger partial charge in [0, 0.05) is 18.9 Å². The quantitative estimate of drug-likeness (QED) is 0.554. The van der Waals surface area contributed by atoms with E-state index in [2.05, 4.69) is 19.2 Å². The fourth-order valence-electron chi connectivity index (χ4n) is 3.46. The van der Waals surface area contributed by atoms with E-state index < -0.39 is 5.97 Å². The number of carboxylic acid groups (broad SMARTS) is 1. The Bertz CT molecular complexity index is 347. The van der Waals surface area contributed by atoms with Crippen molar-refractivity contribution in [3.05, 3.63) is 0 Å². The van der Waals surface area contributed by atoms with Crippen LogP contribution < -0.4 is 5.32 Å². The van der Waals surface area contributed by atoms with Gasteiger partial charge in [-0.2, -0.15) is 0 Å². The molecule has 134 valence electrons. The zero-order chi connectivity index (χ0) is 17.1. The fourth-order valence-corrected chi connectivity index (χ4v) is 3.46. The number of nitrogens with one attached hydrogen (secondary N) is 1. The molecule has 2 N–H and O–H groups in total. The van der Waals surface area contributed by atoms with Crippen molar-refractivity contribution in [1.82, 2.24) is 5.32 Å². The van der Waals surface area contributed by atoms with Gasteiger partial charge in [-0.25, -0.2) is 0 Å². The van der Waals surface area contributed by atoms with Crippen LogP contribution in [0, 0.1) is 17.8 Å². The first-order valence-electron chi connectivity index (χ1n) is 9.48. The van der Waals surface area contributed by atoms with Gasteiger partial charge < -0.3 is 10.4 Å². The molecular weight excluding hydrogens is 290 g/mol. The van der Waals surface area contributed by atoms with Crippen molar-refractivity contribution in [1.29, 1.82) is 0 Å². The Morgan fingerprint density at radius 3 is 2.35 bits per heavy atom. The van der Waals surface area contributed by atoms with E-state index in [1.807, 2.05) is 0 Å². The van der Waals surface area contributed by atoms with Gasteiger partial charge in [-0.15, -0.1) is 0 Å². The molecule has 0 unspecified atom stereocenters. The number of carboxylic acids is 1. The minimum Gasteiger partial charge on any atom is -0.481 e. The zero-order valence-electron chi connectivity index (χ0n) is 15.0. The summed E-state index contributed by atoms with van der Waals surface area (Å²) in [5.41, 5.74) is 0. The maximum absolute atomic E-state index is 12.1. The van der Waals surface area contributed by atoms with Crippen molar-refractivity contribution in [3.8, 4) is 0 Å². The van der Waals surface area contributed by atoms with Gasteiger partial charge in [0.25, 0.3) is 0 Å². The molecule has 0 bridgehead atoms. The molecule has 0 heterocycles. The Morgan fingerprint density at radius 2 is 1.74 bits per heavy atom. The molecule has 0 spiro atoms. The van der Waals surface area contributed by atoms with Crippen LogP contribution in [0.4, 0.5) is 0 Å². The largest absolute Gasteiger partial charge is 0.481 e. The lowest BCUT2D eigenvalue weighted by molar-refractivity contribution is -0.137. The number of unbranched alkanes of at least 4 members (excludes halogenated alkanes) is 2. The van der Waals surface area contributed by atoms with E-state index in [0.29, 0.717) is 13.0 Å². The monoisotopic (exact) mass is 325 g/mol. The van der Waals surface area contributed by atoms with Gasteiger partial charge in [0.15, 0.2) is 0 Å². The molecule has 0 aliphatic heterocycles. The highest BCUT2D eigenvalue weighted by atomic mass is 16.4. The molecule has 0 radical (unpaired) electrons. The van der Waals surface area contributed by atoms with Crippen molar-refractivity contribution >= 4 is 11.9 Å². The van der Waals surface area contributed by atoms with Gasteiger partial charge in [-0.05, 0) is 50.4 Å². The van der Waals surface area contributed by atoms with E-state index in [4.69, 9.17) is 5.11 Å². The number of hydrogen-bond donors (Lipinski definition) is 2. The van der Waals surface area contributed by atoms with E-state index in [1.165, 1.54) is 32.1 Å². The molecule has 0 aromatic heterocycles. The van der Waals surface area contributed by atoms with Crippen molar-refractivity contribution < 1.29 is 14.7 Å². The molecule has 1 aliphatic carbocycles. The lowest BCUT2D eigenvalue weighted by Crippen LogP contribution is -2.33. The number of hydrogen-bond acceptors (Lipinski definition) is 2. The summed E-state index contributed by atoms with van der Waals surface area (Å²) < 4.78 is 0. The summed E-state index contributed by atoms with van der Waals surface area (Å²) in [6, 6.07) is 0. The SMILES string of the molecule is CC(C)CCC[C@H]1CC[C@@H](C(=O)NCCCCCC(=O)O)CC1. The highest BCUT2D eigenvalue weighted by molar-refractivity contribution is 5.78. The van der Waals surface area contributed by atoms with Crippen LogP contribution in [0.25, 0.3) is 0 Å². The molecular formula is C19H35NO3. The number of carbonyl (C=O) groups is 2. The van der Waals surface area contributed by atoms with Crippen molar-refractivity contribution in [2.45, 2.75) is 84.5 Å². The van der Waals surface area contributed by atoms with Crippen molar-refractivity contribution in [3.63, 3.8) is 0 Å². The standard InChI is InChI=1S/C19H35NO3/c1-15(2)7-6-8-16-10-12-17(13-11-16)19(23)20-14-5-3-4-9-18(21)22/h15-17H,3-14H2,1-2H3,(H,20,23)(H,21,22)/t16-,17+. The van der Waals surface area contributed by atoms with E-state index in [-0.39, 0.29) is 18.2 Å². The van der Waals surface area contributed by atoms with E-state index in [9.17, 15) is 9.59 Å². The first-order valence-corrected chi connectivity index (χ1v) is 9.48. The molecule has 0 aromatic rings. The van der Waals surface area contributed by atoms with Gasteiger partial charge in [0.2, 0.25) is 5.91 Å². The Hall–Kier alpha value is -1.06. The van der Waals surface area contributed by atoms with E-state index in [1.54, 1.807) is 0 Å². The number of carbonyl (C=O) groups excluding carboxylic acids is 1. The summed E-state index contributed by atoms with van der Waals surface area (Å²) in [6.07, 6.45) is 11.1. The Morgan fingerprint density at radius 1 is 1.04 bits per heavy atom. The molecule has 4 nitrogen and oxygen atoms in total. The maximum atomic E-state index is 12.1. The van der Waals surface area contributed by atoms with E-state index in [0.717, 1.165) is 37.5 Å². The average Bonchev–Trinajstić information content (AvgIpc) is 2.50. The van der Waals surface area contributed by atoms with Crippen molar-refractivity contribution in [2.75, 3.05) is 6.54 Å². The first-order chi connectivity index (χ1) is 11.0. The molecule has 1 rings (SSSR count). The second-order valence-electron chi connectivity index (χ2n) is 7.54. The third kappa shape index (κ3) is 9.62. The minimum absolute atomic E-state index is 0.204. The average molecular weight is 325 g/mol. The van der Waals surface area contributed by atoms with E-state index >= 15 is 0 Å². The molecule has 4 heteroatoms. The summed E-state index contributed by atoms with van der Waals surface area (Å²) in [4.78, 5) is 22.5. The smallest absolute Gasteiger partial charge is 0.303 e. The van der Waals surface area contributed by atoms with Gasteiger partial charge in [0.05, 0.1) is 0 Å². The normalized spacial score (nSPS) is 21.3. The number of aliphatic carboxylic acids is 1. The fraction of sp³-hybridized carbons (Fsp3) is 0.895. The molecule has 1 fully saturated rings. The van der Waals surface area contributed by atoms with Crippen LogP contribution in [0.1, 0.15) is 84.5 Å².